The van der Waals surface area contributed by atoms with Crippen molar-refractivity contribution >= 4 is 23.4 Å². The molecule has 1 aliphatic carbocycles. The molecule has 0 atom stereocenters. The van der Waals surface area contributed by atoms with Crippen LogP contribution in [-0.2, 0) is 4.74 Å². The van der Waals surface area contributed by atoms with Crippen molar-refractivity contribution in [2.24, 2.45) is 0 Å². The van der Waals surface area contributed by atoms with Crippen molar-refractivity contribution in [3.63, 3.8) is 0 Å². The second-order valence-electron chi connectivity index (χ2n) is 6.74. The van der Waals surface area contributed by atoms with Crippen LogP contribution >= 0.6 is 0 Å². The molecule has 0 aliphatic heterocycles. The predicted octanol–water partition coefficient (Wildman–Crippen LogP) is 4.45. The summed E-state index contributed by atoms with van der Waals surface area (Å²) in [6.45, 7) is 1.96. The topological polar surface area (TPSA) is 76.1 Å². The largest absolute Gasteiger partial charge is 0.465 e. The summed E-state index contributed by atoms with van der Waals surface area (Å²) in [5.41, 5.74) is 2.29. The molecule has 0 unspecified atom stereocenters. The Morgan fingerprint density at radius 3 is 2.42 bits per heavy atom. The number of aromatic nitrogens is 2. The molecule has 0 spiro atoms. The highest BCUT2D eigenvalue weighted by Crippen LogP contribution is 2.22. The number of esters is 1. The minimum absolute atomic E-state index is 0.343. The first-order valence-corrected chi connectivity index (χ1v) is 9.21. The van der Waals surface area contributed by atoms with E-state index >= 15 is 0 Å². The fraction of sp³-hybridized carbons (Fsp3) is 0.450. The summed E-state index contributed by atoms with van der Waals surface area (Å²) in [7, 11) is 1.38. The van der Waals surface area contributed by atoms with E-state index in [9.17, 15) is 4.79 Å². The number of methoxy groups -OCH3 is 1. The Labute approximate surface area is 154 Å². The second kappa shape index (κ2) is 8.65. The maximum atomic E-state index is 11.5. The molecule has 1 fully saturated rings. The van der Waals surface area contributed by atoms with E-state index in [4.69, 9.17) is 4.74 Å². The average molecular weight is 354 g/mol. The Morgan fingerprint density at radius 1 is 1.08 bits per heavy atom. The molecule has 3 rings (SSSR count). The third-order valence-corrected chi connectivity index (χ3v) is 4.62. The predicted molar refractivity (Wildman–Crippen MR) is 103 cm³/mol. The van der Waals surface area contributed by atoms with Gasteiger partial charge in [0.1, 0.15) is 5.82 Å². The molecule has 2 N–H and O–H groups in total. The van der Waals surface area contributed by atoms with E-state index in [0.717, 1.165) is 17.2 Å². The summed E-state index contributed by atoms with van der Waals surface area (Å²) < 4.78 is 4.72. The molecule has 1 aromatic carbocycles. The van der Waals surface area contributed by atoms with Crippen molar-refractivity contribution in [3.8, 4) is 0 Å². The zero-order valence-corrected chi connectivity index (χ0v) is 15.4. The van der Waals surface area contributed by atoms with Crippen LogP contribution in [0.15, 0.2) is 30.3 Å². The van der Waals surface area contributed by atoms with Crippen LogP contribution in [0.5, 0.6) is 0 Å². The van der Waals surface area contributed by atoms with Gasteiger partial charge < -0.3 is 15.4 Å². The molecular weight excluding hydrogens is 328 g/mol. The lowest BCUT2D eigenvalue weighted by atomic mass is 10.1. The Hall–Kier alpha value is -2.63. The number of carbonyl (C=O) groups is 1. The molecule has 26 heavy (non-hydrogen) atoms. The second-order valence-corrected chi connectivity index (χ2v) is 6.74. The number of nitrogens with zero attached hydrogens (tertiary/aromatic N) is 2. The summed E-state index contributed by atoms with van der Waals surface area (Å²) in [4.78, 5) is 20.6. The molecule has 1 aromatic heterocycles. The highest BCUT2D eigenvalue weighted by atomic mass is 16.5. The van der Waals surface area contributed by atoms with Gasteiger partial charge in [0, 0.05) is 23.5 Å². The Kier molecular flexibility index (Phi) is 6.04. The number of hydrogen-bond acceptors (Lipinski definition) is 6. The molecule has 0 saturated heterocycles. The molecule has 138 valence electrons. The van der Waals surface area contributed by atoms with Crippen molar-refractivity contribution in [3.05, 3.63) is 41.6 Å². The zero-order chi connectivity index (χ0) is 18.4. The van der Waals surface area contributed by atoms with Crippen LogP contribution in [0.1, 0.15) is 54.6 Å². The van der Waals surface area contributed by atoms with Crippen LogP contribution < -0.4 is 10.6 Å². The number of benzene rings is 1. The first kappa shape index (κ1) is 18.2. The lowest BCUT2D eigenvalue weighted by Gasteiger charge is -2.17. The minimum Gasteiger partial charge on any atom is -0.465 e. The molecule has 0 radical (unpaired) electrons. The summed E-state index contributed by atoms with van der Waals surface area (Å²) in [5.74, 6) is 1.06. The van der Waals surface area contributed by atoms with Gasteiger partial charge in [0.05, 0.1) is 12.7 Å². The molecule has 0 amide bonds. The fourth-order valence-corrected chi connectivity index (χ4v) is 3.26. The normalized spacial score (nSPS) is 15.2. The van der Waals surface area contributed by atoms with E-state index in [1.165, 1.54) is 45.6 Å². The van der Waals surface area contributed by atoms with Crippen molar-refractivity contribution in [2.45, 2.75) is 51.5 Å². The number of anilines is 3. The van der Waals surface area contributed by atoms with Crippen molar-refractivity contribution in [2.75, 3.05) is 17.7 Å². The first-order chi connectivity index (χ1) is 12.6. The molecular formula is C20H26N4O2. The fourth-order valence-electron chi connectivity index (χ4n) is 3.26. The van der Waals surface area contributed by atoms with Gasteiger partial charge in [-0.15, -0.1) is 0 Å². The number of carbonyl (C=O) groups excluding carboxylic acids is 1. The third kappa shape index (κ3) is 4.94. The average Bonchev–Trinajstić information content (AvgIpc) is 2.90. The van der Waals surface area contributed by atoms with E-state index < -0.39 is 0 Å². The molecule has 6 nitrogen and oxygen atoms in total. The van der Waals surface area contributed by atoms with Crippen molar-refractivity contribution in [1.82, 2.24) is 9.97 Å². The van der Waals surface area contributed by atoms with E-state index in [-0.39, 0.29) is 5.97 Å². The molecule has 1 heterocycles. The van der Waals surface area contributed by atoms with Crippen molar-refractivity contribution < 1.29 is 9.53 Å². The van der Waals surface area contributed by atoms with E-state index in [0.29, 0.717) is 17.6 Å². The van der Waals surface area contributed by atoms with Gasteiger partial charge in [-0.3, -0.25) is 0 Å². The lowest BCUT2D eigenvalue weighted by Crippen LogP contribution is -2.20. The molecule has 0 bridgehead atoms. The van der Waals surface area contributed by atoms with Gasteiger partial charge in [0.2, 0.25) is 5.95 Å². The Morgan fingerprint density at radius 2 is 1.77 bits per heavy atom. The third-order valence-electron chi connectivity index (χ3n) is 4.62. The standard InChI is InChI=1S/C20H26N4O2/c1-14-13-18(22-17-11-9-15(10-12-17)19(25)26-2)24-20(21-14)23-16-7-5-3-4-6-8-16/h9-13,16H,3-8H2,1-2H3,(H2,21,22,23,24). The maximum Gasteiger partial charge on any atom is 0.337 e. The van der Waals surface area contributed by atoms with Crippen molar-refractivity contribution in [1.29, 1.82) is 0 Å². The number of rotatable bonds is 5. The number of ether oxygens (including phenoxy) is 1. The minimum atomic E-state index is -0.343. The van der Waals surface area contributed by atoms with Gasteiger partial charge in [0.15, 0.2) is 0 Å². The van der Waals surface area contributed by atoms with Crippen LogP contribution in [0.3, 0.4) is 0 Å². The van der Waals surface area contributed by atoms with Gasteiger partial charge >= 0.3 is 5.97 Å². The highest BCUT2D eigenvalue weighted by molar-refractivity contribution is 5.89. The quantitative estimate of drug-likeness (QED) is 0.610. The van der Waals surface area contributed by atoms with Crippen LogP contribution in [0.4, 0.5) is 17.5 Å². The molecule has 1 saturated carbocycles. The summed E-state index contributed by atoms with van der Waals surface area (Å²) in [5, 5.41) is 6.77. The number of aryl methyl sites for hydroxylation is 1. The molecule has 2 aromatic rings. The smallest absolute Gasteiger partial charge is 0.337 e. The van der Waals surface area contributed by atoms with Gasteiger partial charge in [-0.1, -0.05) is 25.7 Å². The van der Waals surface area contributed by atoms with Gasteiger partial charge in [0.25, 0.3) is 0 Å². The van der Waals surface area contributed by atoms with Crippen LogP contribution in [0, 0.1) is 6.92 Å². The summed E-state index contributed by atoms with van der Waals surface area (Å²) in [6.07, 6.45) is 7.52. The Balaban J connectivity index is 1.69. The zero-order valence-electron chi connectivity index (χ0n) is 15.4. The first-order valence-electron chi connectivity index (χ1n) is 9.21. The van der Waals surface area contributed by atoms with Gasteiger partial charge in [-0.25, -0.2) is 9.78 Å². The van der Waals surface area contributed by atoms with Gasteiger partial charge in [-0.05, 0) is 44.0 Å². The number of hydrogen-bond donors (Lipinski definition) is 2. The van der Waals surface area contributed by atoms with E-state index in [1.54, 1.807) is 12.1 Å². The monoisotopic (exact) mass is 354 g/mol. The molecule has 1 aliphatic rings. The Bertz CT molecular complexity index is 738. The van der Waals surface area contributed by atoms with Gasteiger partial charge in [-0.2, -0.15) is 4.98 Å². The van der Waals surface area contributed by atoms with Crippen LogP contribution in [-0.4, -0.2) is 29.1 Å². The van der Waals surface area contributed by atoms with E-state index in [1.807, 2.05) is 25.1 Å². The highest BCUT2D eigenvalue weighted by Gasteiger charge is 2.14. The number of nitrogens with one attached hydrogen (secondary N) is 2. The maximum absolute atomic E-state index is 11.5. The summed E-state index contributed by atoms with van der Waals surface area (Å²) in [6, 6.07) is 9.49. The van der Waals surface area contributed by atoms with Crippen LogP contribution in [0.25, 0.3) is 0 Å². The SMILES string of the molecule is COC(=O)c1ccc(Nc2cc(C)nc(NC3CCCCCC3)n2)cc1. The van der Waals surface area contributed by atoms with E-state index in [2.05, 4.69) is 20.6 Å². The molecule has 6 heteroatoms. The van der Waals surface area contributed by atoms with Crippen LogP contribution in [0.2, 0.25) is 0 Å². The lowest BCUT2D eigenvalue weighted by molar-refractivity contribution is 0.0601. The summed E-state index contributed by atoms with van der Waals surface area (Å²) >= 11 is 0.